The molecule has 134 valence electrons. The topological polar surface area (TPSA) is 64.9 Å². The number of nitrogens with one attached hydrogen (secondary N) is 2. The highest BCUT2D eigenvalue weighted by molar-refractivity contribution is 7.80. The van der Waals surface area contributed by atoms with Crippen molar-refractivity contribution in [3.8, 4) is 6.07 Å². The van der Waals surface area contributed by atoms with Gasteiger partial charge in [0.15, 0.2) is 5.11 Å². The number of nitrogens with zero attached hydrogens (tertiary/aromatic N) is 1. The minimum atomic E-state index is -0.247. The van der Waals surface area contributed by atoms with E-state index in [1.165, 1.54) is 4.88 Å². The van der Waals surface area contributed by atoms with Crippen LogP contribution in [0.3, 0.4) is 0 Å². The number of benzene rings is 1. The molecule has 1 atom stereocenters. The summed E-state index contributed by atoms with van der Waals surface area (Å²) in [4.78, 5) is 13.7. The van der Waals surface area contributed by atoms with Gasteiger partial charge in [0.05, 0.1) is 5.56 Å². The van der Waals surface area contributed by atoms with E-state index in [0.717, 1.165) is 41.0 Å². The number of amides is 1. The van der Waals surface area contributed by atoms with Gasteiger partial charge in [-0.25, -0.2) is 0 Å². The molecule has 3 rings (SSSR count). The summed E-state index contributed by atoms with van der Waals surface area (Å²) in [5.74, 6) is 0.388. The molecule has 1 aromatic carbocycles. The quantitative estimate of drug-likeness (QED) is 0.750. The Labute approximate surface area is 163 Å². The standard InChI is InChI=1S/C20H21N3OS2/c1-11-4-5-15-16(10-21)19(26-17(15)9-11)23-20(25)22-18(24)14-7-12(2)6-13(3)8-14/h6-8,11H,4-5,9H2,1-3H3,(H2,22,23,24,25)/t11-/m0/s1. The van der Waals surface area contributed by atoms with Crippen LogP contribution in [-0.4, -0.2) is 11.0 Å². The van der Waals surface area contributed by atoms with Gasteiger partial charge >= 0.3 is 0 Å². The molecule has 2 N–H and O–H groups in total. The van der Waals surface area contributed by atoms with Crippen molar-refractivity contribution in [2.75, 3.05) is 5.32 Å². The van der Waals surface area contributed by atoms with Crippen molar-refractivity contribution in [3.05, 3.63) is 50.9 Å². The van der Waals surface area contributed by atoms with Gasteiger partial charge in [-0.05, 0) is 68.9 Å². The Morgan fingerprint density at radius 2 is 2.00 bits per heavy atom. The van der Waals surface area contributed by atoms with E-state index in [-0.39, 0.29) is 11.0 Å². The molecule has 1 aromatic heterocycles. The van der Waals surface area contributed by atoms with Crippen molar-refractivity contribution in [2.45, 2.75) is 40.0 Å². The number of carbonyl (C=O) groups is 1. The molecule has 2 aromatic rings. The van der Waals surface area contributed by atoms with Crippen molar-refractivity contribution >= 4 is 39.6 Å². The molecule has 0 saturated carbocycles. The Kier molecular flexibility index (Phi) is 5.40. The van der Waals surface area contributed by atoms with Gasteiger partial charge in [-0.3, -0.25) is 10.1 Å². The highest BCUT2D eigenvalue weighted by atomic mass is 32.1. The fourth-order valence-electron chi connectivity index (χ4n) is 3.37. The van der Waals surface area contributed by atoms with Crippen LogP contribution >= 0.6 is 23.6 Å². The van der Waals surface area contributed by atoms with Crippen molar-refractivity contribution in [2.24, 2.45) is 5.92 Å². The predicted molar refractivity (Wildman–Crippen MR) is 110 cm³/mol. The zero-order valence-corrected chi connectivity index (χ0v) is 16.7. The number of thiophene rings is 1. The van der Waals surface area contributed by atoms with Gasteiger partial charge in [0.1, 0.15) is 11.1 Å². The first-order valence-electron chi connectivity index (χ1n) is 8.62. The number of hydrogen-bond acceptors (Lipinski definition) is 4. The summed E-state index contributed by atoms with van der Waals surface area (Å²) in [6.45, 7) is 6.14. The third-order valence-corrected chi connectivity index (χ3v) is 5.94. The number of anilines is 1. The number of fused-ring (bicyclic) bond motifs is 1. The molecule has 0 fully saturated rings. The molecule has 0 unspecified atom stereocenters. The lowest BCUT2D eigenvalue weighted by atomic mass is 9.89. The van der Waals surface area contributed by atoms with Crippen LogP contribution in [-0.2, 0) is 12.8 Å². The number of aryl methyl sites for hydroxylation is 2. The van der Waals surface area contributed by atoms with Gasteiger partial charge < -0.3 is 5.32 Å². The van der Waals surface area contributed by atoms with Crippen LogP contribution in [0.25, 0.3) is 0 Å². The lowest BCUT2D eigenvalue weighted by Crippen LogP contribution is -2.34. The third-order valence-electron chi connectivity index (χ3n) is 4.56. The van der Waals surface area contributed by atoms with Crippen LogP contribution in [0, 0.1) is 31.1 Å². The summed E-state index contributed by atoms with van der Waals surface area (Å²) in [5.41, 5.74) is 4.44. The fourth-order valence-corrected chi connectivity index (χ4v) is 5.00. The second-order valence-electron chi connectivity index (χ2n) is 6.95. The average molecular weight is 384 g/mol. The summed E-state index contributed by atoms with van der Waals surface area (Å²) in [5, 5.41) is 16.3. The number of rotatable bonds is 2. The minimum absolute atomic E-state index is 0.220. The highest BCUT2D eigenvalue weighted by Crippen LogP contribution is 2.39. The highest BCUT2D eigenvalue weighted by Gasteiger charge is 2.24. The second kappa shape index (κ2) is 7.56. The maximum atomic E-state index is 12.4. The van der Waals surface area contributed by atoms with Crippen molar-refractivity contribution in [1.82, 2.24) is 5.32 Å². The summed E-state index contributed by atoms with van der Waals surface area (Å²) in [6.07, 6.45) is 3.03. The van der Waals surface area contributed by atoms with E-state index in [1.807, 2.05) is 32.0 Å². The van der Waals surface area contributed by atoms with Crippen LogP contribution in [0.15, 0.2) is 18.2 Å². The first kappa shape index (κ1) is 18.6. The van der Waals surface area contributed by atoms with Gasteiger partial charge in [0.2, 0.25) is 0 Å². The molecular weight excluding hydrogens is 362 g/mol. The van der Waals surface area contributed by atoms with E-state index in [1.54, 1.807) is 11.3 Å². The molecule has 4 nitrogen and oxygen atoms in total. The molecule has 1 aliphatic carbocycles. The van der Waals surface area contributed by atoms with Gasteiger partial charge in [-0.2, -0.15) is 5.26 Å². The molecule has 1 amide bonds. The molecule has 1 heterocycles. The largest absolute Gasteiger partial charge is 0.323 e. The molecule has 6 heteroatoms. The van der Waals surface area contributed by atoms with Crippen LogP contribution in [0.5, 0.6) is 0 Å². The molecule has 0 saturated heterocycles. The summed E-state index contributed by atoms with van der Waals surface area (Å²) < 4.78 is 0. The van der Waals surface area contributed by atoms with Crippen LogP contribution < -0.4 is 10.6 Å². The minimum Gasteiger partial charge on any atom is -0.323 e. The van der Waals surface area contributed by atoms with Gasteiger partial charge in [-0.1, -0.05) is 24.1 Å². The smallest absolute Gasteiger partial charge is 0.257 e. The Hall–Kier alpha value is -2.23. The predicted octanol–water partition coefficient (Wildman–Crippen LogP) is 4.49. The van der Waals surface area contributed by atoms with E-state index in [9.17, 15) is 10.1 Å². The lowest BCUT2D eigenvalue weighted by molar-refractivity contribution is 0.0977. The Morgan fingerprint density at radius 3 is 2.65 bits per heavy atom. The van der Waals surface area contributed by atoms with Crippen LogP contribution in [0.4, 0.5) is 5.00 Å². The van der Waals surface area contributed by atoms with Crippen molar-refractivity contribution < 1.29 is 4.79 Å². The van der Waals surface area contributed by atoms with E-state index >= 15 is 0 Å². The molecule has 0 radical (unpaired) electrons. The zero-order chi connectivity index (χ0) is 18.8. The molecule has 0 bridgehead atoms. The SMILES string of the molecule is Cc1cc(C)cc(C(=O)NC(=S)Nc2sc3c(c2C#N)CC[C@H](C)C3)c1. The van der Waals surface area contributed by atoms with E-state index in [2.05, 4.69) is 23.6 Å². The Balaban J connectivity index is 1.74. The molecular formula is C20H21N3OS2. The van der Waals surface area contributed by atoms with E-state index in [4.69, 9.17) is 12.2 Å². The van der Waals surface area contributed by atoms with E-state index in [0.29, 0.717) is 17.0 Å². The van der Waals surface area contributed by atoms with Crippen molar-refractivity contribution in [3.63, 3.8) is 0 Å². The second-order valence-corrected chi connectivity index (χ2v) is 8.47. The van der Waals surface area contributed by atoms with Crippen LogP contribution in [0.2, 0.25) is 0 Å². The first-order chi connectivity index (χ1) is 12.4. The molecule has 1 aliphatic rings. The maximum Gasteiger partial charge on any atom is 0.257 e. The number of thiocarbonyl (C=S) groups is 1. The Bertz CT molecular complexity index is 904. The van der Waals surface area contributed by atoms with Crippen LogP contribution in [0.1, 0.15) is 50.8 Å². The number of carbonyl (C=O) groups excluding carboxylic acids is 1. The third kappa shape index (κ3) is 3.95. The summed E-state index contributed by atoms with van der Waals surface area (Å²) >= 11 is 6.88. The van der Waals surface area contributed by atoms with Crippen molar-refractivity contribution in [1.29, 1.82) is 5.26 Å². The Morgan fingerprint density at radius 1 is 1.31 bits per heavy atom. The molecule has 26 heavy (non-hydrogen) atoms. The normalized spacial score (nSPS) is 15.7. The molecule has 0 spiro atoms. The number of hydrogen-bond donors (Lipinski definition) is 2. The average Bonchev–Trinajstić information content (AvgIpc) is 2.89. The summed E-state index contributed by atoms with van der Waals surface area (Å²) in [6, 6.07) is 7.98. The monoisotopic (exact) mass is 383 g/mol. The van der Waals surface area contributed by atoms with Gasteiger partial charge in [0, 0.05) is 10.4 Å². The van der Waals surface area contributed by atoms with Gasteiger partial charge in [-0.15, -0.1) is 11.3 Å². The fraction of sp³-hybridized carbons (Fsp3) is 0.350. The maximum absolute atomic E-state index is 12.4. The zero-order valence-electron chi connectivity index (χ0n) is 15.1. The summed E-state index contributed by atoms with van der Waals surface area (Å²) in [7, 11) is 0. The molecule has 0 aliphatic heterocycles. The first-order valence-corrected chi connectivity index (χ1v) is 9.85. The lowest BCUT2D eigenvalue weighted by Gasteiger charge is -2.17. The van der Waals surface area contributed by atoms with E-state index < -0.39 is 0 Å². The van der Waals surface area contributed by atoms with Gasteiger partial charge in [0.25, 0.3) is 5.91 Å². The number of nitriles is 1.